The lowest BCUT2D eigenvalue weighted by atomic mass is 9.98. The predicted molar refractivity (Wildman–Crippen MR) is 63.9 cm³/mol. The maximum atomic E-state index is 11.8. The largest absolute Gasteiger partial charge is 0.468 e. The minimum Gasteiger partial charge on any atom is -0.468 e. The number of carbonyl (C=O) groups is 1. The Morgan fingerprint density at radius 3 is 2.82 bits per heavy atom. The molecular formula is C12H23NO4. The molecule has 2 unspecified atom stereocenters. The van der Waals surface area contributed by atoms with Gasteiger partial charge in [-0.3, -0.25) is 10.1 Å². The molecule has 2 atom stereocenters. The molecule has 0 bridgehead atoms. The molecule has 5 heteroatoms. The first kappa shape index (κ1) is 14.4. The lowest BCUT2D eigenvalue weighted by molar-refractivity contribution is -0.148. The highest BCUT2D eigenvalue weighted by Crippen LogP contribution is 2.15. The van der Waals surface area contributed by atoms with Crippen LogP contribution in [0.3, 0.4) is 0 Å². The molecule has 1 N–H and O–H groups in total. The smallest absolute Gasteiger partial charge is 0.325 e. The maximum absolute atomic E-state index is 11.8. The Morgan fingerprint density at radius 1 is 1.53 bits per heavy atom. The molecule has 0 amide bonds. The van der Waals surface area contributed by atoms with Gasteiger partial charge in [0.25, 0.3) is 0 Å². The van der Waals surface area contributed by atoms with Gasteiger partial charge in [0.05, 0.1) is 13.2 Å². The van der Waals surface area contributed by atoms with Crippen LogP contribution in [-0.2, 0) is 19.0 Å². The zero-order valence-corrected chi connectivity index (χ0v) is 11.0. The van der Waals surface area contributed by atoms with Crippen molar-refractivity contribution in [3.63, 3.8) is 0 Å². The highest BCUT2D eigenvalue weighted by Gasteiger charge is 2.34. The second-order valence-electron chi connectivity index (χ2n) is 4.58. The van der Waals surface area contributed by atoms with E-state index in [9.17, 15) is 4.79 Å². The van der Waals surface area contributed by atoms with Crippen LogP contribution in [0.2, 0.25) is 0 Å². The molecule has 100 valence electrons. The van der Waals surface area contributed by atoms with E-state index < -0.39 is 5.54 Å². The zero-order chi connectivity index (χ0) is 12.7. The minimum atomic E-state index is -0.698. The summed E-state index contributed by atoms with van der Waals surface area (Å²) >= 11 is 0. The third-order valence-corrected chi connectivity index (χ3v) is 3.19. The summed E-state index contributed by atoms with van der Waals surface area (Å²) in [6.45, 7) is 3.85. The Labute approximate surface area is 103 Å². The molecule has 0 aromatic carbocycles. The first-order valence-corrected chi connectivity index (χ1v) is 6.06. The fourth-order valence-electron chi connectivity index (χ4n) is 1.94. The lowest BCUT2D eigenvalue weighted by Gasteiger charge is -2.29. The SMILES string of the molecule is COCCC(C)(NCC1CCCO1)C(=O)OC. The van der Waals surface area contributed by atoms with E-state index in [-0.39, 0.29) is 12.1 Å². The Kier molecular flexibility index (Phi) is 5.88. The molecule has 1 aliphatic rings. The van der Waals surface area contributed by atoms with Crippen molar-refractivity contribution in [2.45, 2.75) is 37.8 Å². The van der Waals surface area contributed by atoms with Crippen molar-refractivity contribution in [1.29, 1.82) is 0 Å². The van der Waals surface area contributed by atoms with Crippen LogP contribution in [0.1, 0.15) is 26.2 Å². The van der Waals surface area contributed by atoms with Gasteiger partial charge in [-0.05, 0) is 26.2 Å². The normalized spacial score (nSPS) is 23.4. The van der Waals surface area contributed by atoms with Crippen molar-refractivity contribution in [2.75, 3.05) is 34.0 Å². The van der Waals surface area contributed by atoms with Gasteiger partial charge in [0, 0.05) is 26.9 Å². The summed E-state index contributed by atoms with van der Waals surface area (Å²) in [6.07, 6.45) is 2.94. The number of hydrogen-bond donors (Lipinski definition) is 1. The fourth-order valence-corrected chi connectivity index (χ4v) is 1.94. The Balaban J connectivity index is 2.46. The highest BCUT2D eigenvalue weighted by molar-refractivity contribution is 5.80. The first-order chi connectivity index (χ1) is 8.12. The van der Waals surface area contributed by atoms with Crippen molar-refractivity contribution >= 4 is 5.97 Å². The molecule has 0 saturated carbocycles. The Bertz CT molecular complexity index is 241. The van der Waals surface area contributed by atoms with Gasteiger partial charge in [-0.2, -0.15) is 0 Å². The van der Waals surface area contributed by atoms with Crippen LogP contribution in [0.25, 0.3) is 0 Å². The second-order valence-corrected chi connectivity index (χ2v) is 4.58. The summed E-state index contributed by atoms with van der Waals surface area (Å²) in [5, 5.41) is 3.24. The average Bonchev–Trinajstić information content (AvgIpc) is 2.86. The van der Waals surface area contributed by atoms with Crippen LogP contribution in [0.15, 0.2) is 0 Å². The topological polar surface area (TPSA) is 56.8 Å². The van der Waals surface area contributed by atoms with Crippen molar-refractivity contribution in [3.05, 3.63) is 0 Å². The van der Waals surface area contributed by atoms with Gasteiger partial charge < -0.3 is 14.2 Å². The van der Waals surface area contributed by atoms with Gasteiger partial charge in [-0.15, -0.1) is 0 Å². The molecule has 1 aliphatic heterocycles. The van der Waals surface area contributed by atoms with Crippen LogP contribution in [0.4, 0.5) is 0 Å². The number of rotatable bonds is 7. The highest BCUT2D eigenvalue weighted by atomic mass is 16.5. The lowest BCUT2D eigenvalue weighted by Crippen LogP contribution is -2.53. The molecule has 0 spiro atoms. The van der Waals surface area contributed by atoms with E-state index in [1.54, 1.807) is 7.11 Å². The van der Waals surface area contributed by atoms with E-state index in [1.165, 1.54) is 7.11 Å². The summed E-state index contributed by atoms with van der Waals surface area (Å²) in [6, 6.07) is 0. The molecule has 0 aromatic rings. The van der Waals surface area contributed by atoms with Crippen molar-refractivity contribution in [2.24, 2.45) is 0 Å². The van der Waals surface area contributed by atoms with Gasteiger partial charge in [0.15, 0.2) is 0 Å². The van der Waals surface area contributed by atoms with Crippen molar-refractivity contribution < 1.29 is 19.0 Å². The van der Waals surface area contributed by atoms with Crippen molar-refractivity contribution in [3.8, 4) is 0 Å². The van der Waals surface area contributed by atoms with Gasteiger partial charge in [-0.1, -0.05) is 0 Å². The molecule has 1 saturated heterocycles. The maximum Gasteiger partial charge on any atom is 0.325 e. The molecule has 5 nitrogen and oxygen atoms in total. The van der Waals surface area contributed by atoms with Gasteiger partial charge in [0.2, 0.25) is 0 Å². The van der Waals surface area contributed by atoms with Gasteiger partial charge >= 0.3 is 5.97 Å². The van der Waals surface area contributed by atoms with E-state index in [0.717, 1.165) is 19.4 Å². The van der Waals surface area contributed by atoms with E-state index in [0.29, 0.717) is 19.6 Å². The van der Waals surface area contributed by atoms with Gasteiger partial charge in [0.1, 0.15) is 5.54 Å². The van der Waals surface area contributed by atoms with Crippen LogP contribution in [0, 0.1) is 0 Å². The monoisotopic (exact) mass is 245 g/mol. The predicted octanol–water partition coefficient (Wildman–Crippen LogP) is 0.723. The fraction of sp³-hybridized carbons (Fsp3) is 0.917. The third kappa shape index (κ3) is 4.26. The summed E-state index contributed by atoms with van der Waals surface area (Å²) in [4.78, 5) is 11.8. The molecule has 0 radical (unpaired) electrons. The summed E-state index contributed by atoms with van der Waals surface area (Å²) in [7, 11) is 3.03. The van der Waals surface area contributed by atoms with Crippen molar-refractivity contribution in [1.82, 2.24) is 5.32 Å². The number of ether oxygens (including phenoxy) is 3. The zero-order valence-electron chi connectivity index (χ0n) is 11.0. The van der Waals surface area contributed by atoms with Crippen LogP contribution < -0.4 is 5.32 Å². The molecule has 1 heterocycles. The number of hydrogen-bond acceptors (Lipinski definition) is 5. The van der Waals surface area contributed by atoms with Crippen LogP contribution in [0.5, 0.6) is 0 Å². The molecule has 1 fully saturated rings. The minimum absolute atomic E-state index is 0.210. The van der Waals surface area contributed by atoms with Crippen LogP contribution in [-0.4, -0.2) is 51.6 Å². The standard InChI is InChI=1S/C12H23NO4/c1-12(6-8-15-2,11(14)16-3)13-9-10-5-4-7-17-10/h10,13H,4-9H2,1-3H3. The second kappa shape index (κ2) is 6.93. The summed E-state index contributed by atoms with van der Waals surface area (Å²) in [5.41, 5.74) is -0.698. The Morgan fingerprint density at radius 2 is 2.29 bits per heavy atom. The average molecular weight is 245 g/mol. The van der Waals surface area contributed by atoms with E-state index >= 15 is 0 Å². The molecule has 17 heavy (non-hydrogen) atoms. The third-order valence-electron chi connectivity index (χ3n) is 3.19. The van der Waals surface area contributed by atoms with Gasteiger partial charge in [-0.25, -0.2) is 0 Å². The van der Waals surface area contributed by atoms with E-state index in [4.69, 9.17) is 14.2 Å². The molecule has 1 rings (SSSR count). The molecule has 0 aromatic heterocycles. The number of carbonyl (C=O) groups excluding carboxylic acids is 1. The molecular weight excluding hydrogens is 222 g/mol. The summed E-state index contributed by atoms with van der Waals surface area (Å²) in [5.74, 6) is -0.257. The molecule has 0 aliphatic carbocycles. The summed E-state index contributed by atoms with van der Waals surface area (Å²) < 4.78 is 15.4. The number of esters is 1. The first-order valence-electron chi connectivity index (χ1n) is 6.06. The number of nitrogens with one attached hydrogen (secondary N) is 1. The van der Waals surface area contributed by atoms with Crippen LogP contribution >= 0.6 is 0 Å². The number of methoxy groups -OCH3 is 2. The Hall–Kier alpha value is -0.650. The quantitative estimate of drug-likeness (QED) is 0.670. The van der Waals surface area contributed by atoms with E-state index in [2.05, 4.69) is 5.32 Å². The van der Waals surface area contributed by atoms with E-state index in [1.807, 2.05) is 6.92 Å².